The summed E-state index contributed by atoms with van der Waals surface area (Å²) in [5, 5.41) is 5.29. The molecule has 4 aromatic rings. The molecule has 3 aromatic carbocycles. The molecule has 2 N–H and O–H groups in total. The summed E-state index contributed by atoms with van der Waals surface area (Å²) in [5.41, 5.74) is 4.63. The highest BCUT2D eigenvalue weighted by Gasteiger charge is 2.19. The number of nitrogens with one attached hydrogen (secondary N) is 2. The molecule has 164 valence electrons. The van der Waals surface area contributed by atoms with Crippen LogP contribution in [0.3, 0.4) is 0 Å². The second-order valence-electron chi connectivity index (χ2n) is 7.64. The Kier molecular flexibility index (Phi) is 4.70. The number of ether oxygens (including phenoxy) is 3. The van der Waals surface area contributed by atoms with Crippen molar-refractivity contribution in [2.75, 3.05) is 30.2 Å². The van der Waals surface area contributed by atoms with Gasteiger partial charge in [-0.1, -0.05) is 11.6 Å². The molecule has 0 saturated carbocycles. The van der Waals surface area contributed by atoms with Gasteiger partial charge in [0.2, 0.25) is 16.8 Å². The Morgan fingerprint density at radius 3 is 2.47 bits per heavy atom. The van der Waals surface area contributed by atoms with E-state index in [0.29, 0.717) is 28.6 Å². The molecule has 0 bridgehead atoms. The van der Waals surface area contributed by atoms with E-state index in [1.807, 2.05) is 31.2 Å². The van der Waals surface area contributed by atoms with E-state index in [4.69, 9.17) is 19.2 Å². The molecule has 8 nitrogen and oxygen atoms in total. The molecule has 0 fully saturated rings. The summed E-state index contributed by atoms with van der Waals surface area (Å²) in [5.74, 6) is 1.82. The Morgan fingerprint density at radius 2 is 1.72 bits per heavy atom. The van der Waals surface area contributed by atoms with E-state index < -0.39 is 10.0 Å². The van der Waals surface area contributed by atoms with Crippen LogP contribution < -0.4 is 24.2 Å². The van der Waals surface area contributed by atoms with E-state index in [1.54, 1.807) is 18.2 Å². The average Bonchev–Trinajstić information content (AvgIpc) is 3.19. The van der Waals surface area contributed by atoms with Crippen LogP contribution in [0.5, 0.6) is 17.2 Å². The van der Waals surface area contributed by atoms with Crippen molar-refractivity contribution in [2.24, 2.45) is 0 Å². The van der Waals surface area contributed by atoms with Crippen molar-refractivity contribution in [3.8, 4) is 17.2 Å². The van der Waals surface area contributed by atoms with Crippen molar-refractivity contribution in [2.45, 2.75) is 6.92 Å². The zero-order chi connectivity index (χ0) is 22.5. The van der Waals surface area contributed by atoms with Gasteiger partial charge < -0.3 is 19.5 Å². The predicted molar refractivity (Wildman–Crippen MR) is 125 cm³/mol. The third-order valence-electron chi connectivity index (χ3n) is 5.19. The molecule has 0 saturated heterocycles. The second kappa shape index (κ2) is 7.45. The predicted octanol–water partition coefficient (Wildman–Crippen LogP) is 4.55. The molecule has 0 unspecified atom stereocenters. The maximum atomic E-state index is 11.6. The fraction of sp³-hybridized carbons (Fsp3) is 0.174. The summed E-state index contributed by atoms with van der Waals surface area (Å²) in [6, 6.07) is 14.9. The second-order valence-corrected chi connectivity index (χ2v) is 9.39. The van der Waals surface area contributed by atoms with Crippen molar-refractivity contribution >= 4 is 48.9 Å². The molecule has 0 aliphatic carbocycles. The Labute approximate surface area is 185 Å². The summed E-state index contributed by atoms with van der Waals surface area (Å²) in [7, 11) is -1.86. The lowest BCUT2D eigenvalue weighted by Gasteiger charge is -2.17. The largest absolute Gasteiger partial charge is 0.494 e. The Balaban J connectivity index is 1.69. The summed E-state index contributed by atoms with van der Waals surface area (Å²) in [6.45, 7) is 2.20. The van der Waals surface area contributed by atoms with Gasteiger partial charge in [-0.2, -0.15) is 0 Å². The van der Waals surface area contributed by atoms with E-state index in [1.165, 1.54) is 7.11 Å². The standard InChI is InChI=1S/C23H21N3O5S/c1-13-4-6-17-15(8-13)23(16-10-21-22(31-12-30-21)11-19(16)24-17)25-18-7-5-14(9-20(18)29-2)26-32(3,27)28/h4-11,26H,12H2,1-3H3,(H,24,25). The number of hydrogen-bond donors (Lipinski definition) is 2. The van der Waals surface area contributed by atoms with Crippen molar-refractivity contribution < 1.29 is 22.6 Å². The third kappa shape index (κ3) is 3.71. The molecule has 1 aliphatic rings. The first-order chi connectivity index (χ1) is 15.3. The van der Waals surface area contributed by atoms with Crippen molar-refractivity contribution in [1.29, 1.82) is 0 Å². The van der Waals surface area contributed by atoms with E-state index >= 15 is 0 Å². The molecule has 9 heteroatoms. The summed E-state index contributed by atoms with van der Waals surface area (Å²) < 4.78 is 42.3. The van der Waals surface area contributed by atoms with Crippen LogP contribution in [0.4, 0.5) is 17.1 Å². The van der Waals surface area contributed by atoms with Gasteiger partial charge >= 0.3 is 0 Å². The first kappa shape index (κ1) is 20.2. The number of methoxy groups -OCH3 is 1. The van der Waals surface area contributed by atoms with Crippen LogP contribution in [0.15, 0.2) is 48.5 Å². The molecule has 2 heterocycles. The molecule has 0 atom stereocenters. The SMILES string of the molecule is COc1cc(NS(C)(=O)=O)ccc1Nc1c2cc(C)ccc2nc2cc3c(cc12)OCO3. The zero-order valence-electron chi connectivity index (χ0n) is 17.7. The van der Waals surface area contributed by atoms with Crippen LogP contribution in [0.2, 0.25) is 0 Å². The summed E-state index contributed by atoms with van der Waals surface area (Å²) in [6.07, 6.45) is 1.10. The number of rotatable bonds is 5. The minimum atomic E-state index is -3.40. The van der Waals surface area contributed by atoms with E-state index in [-0.39, 0.29) is 6.79 Å². The normalized spacial score (nSPS) is 12.8. The number of nitrogens with zero attached hydrogens (tertiary/aromatic N) is 1. The molecule has 0 spiro atoms. The summed E-state index contributed by atoms with van der Waals surface area (Å²) >= 11 is 0. The monoisotopic (exact) mass is 451 g/mol. The highest BCUT2D eigenvalue weighted by Crippen LogP contribution is 2.42. The Hall–Kier alpha value is -3.72. The maximum absolute atomic E-state index is 11.6. The smallest absolute Gasteiger partial charge is 0.231 e. The molecular formula is C23H21N3O5S. The molecular weight excluding hydrogens is 430 g/mol. The highest BCUT2D eigenvalue weighted by atomic mass is 32.2. The van der Waals surface area contributed by atoms with Gasteiger partial charge in [-0.25, -0.2) is 13.4 Å². The van der Waals surface area contributed by atoms with Gasteiger partial charge in [-0.15, -0.1) is 0 Å². The quantitative estimate of drug-likeness (QED) is 0.430. The van der Waals surface area contributed by atoms with Crippen LogP contribution >= 0.6 is 0 Å². The van der Waals surface area contributed by atoms with Crippen molar-refractivity contribution in [3.05, 3.63) is 54.1 Å². The fourth-order valence-electron chi connectivity index (χ4n) is 3.79. The number of pyridine rings is 1. The van der Waals surface area contributed by atoms with E-state index in [9.17, 15) is 8.42 Å². The van der Waals surface area contributed by atoms with Crippen LogP contribution in [-0.2, 0) is 10.0 Å². The number of hydrogen-bond acceptors (Lipinski definition) is 7. The molecule has 32 heavy (non-hydrogen) atoms. The van der Waals surface area contributed by atoms with Crippen LogP contribution in [0.1, 0.15) is 5.56 Å². The topological polar surface area (TPSA) is 98.8 Å². The molecule has 1 aliphatic heterocycles. The number of sulfonamides is 1. The first-order valence-electron chi connectivity index (χ1n) is 9.87. The Morgan fingerprint density at radius 1 is 0.969 bits per heavy atom. The molecule has 1 aromatic heterocycles. The van der Waals surface area contributed by atoms with Gasteiger partial charge in [0.15, 0.2) is 11.5 Å². The van der Waals surface area contributed by atoms with Crippen LogP contribution in [-0.4, -0.2) is 33.6 Å². The van der Waals surface area contributed by atoms with Gasteiger partial charge in [-0.05, 0) is 37.3 Å². The fourth-order valence-corrected chi connectivity index (χ4v) is 4.34. The van der Waals surface area contributed by atoms with Crippen molar-refractivity contribution in [1.82, 2.24) is 4.98 Å². The third-order valence-corrected chi connectivity index (χ3v) is 5.79. The summed E-state index contributed by atoms with van der Waals surface area (Å²) in [4.78, 5) is 4.81. The minimum absolute atomic E-state index is 0.176. The lowest BCUT2D eigenvalue weighted by Crippen LogP contribution is -2.09. The lowest BCUT2D eigenvalue weighted by molar-refractivity contribution is 0.174. The molecule has 5 rings (SSSR count). The van der Waals surface area contributed by atoms with Crippen LogP contribution in [0, 0.1) is 6.92 Å². The Bertz CT molecular complexity index is 1480. The van der Waals surface area contributed by atoms with E-state index in [2.05, 4.69) is 16.1 Å². The first-order valence-corrected chi connectivity index (χ1v) is 11.8. The average molecular weight is 452 g/mol. The van der Waals surface area contributed by atoms with Crippen molar-refractivity contribution in [3.63, 3.8) is 0 Å². The maximum Gasteiger partial charge on any atom is 0.231 e. The van der Waals surface area contributed by atoms with Gasteiger partial charge in [0.05, 0.1) is 41.5 Å². The van der Waals surface area contributed by atoms with Gasteiger partial charge in [0, 0.05) is 22.9 Å². The highest BCUT2D eigenvalue weighted by molar-refractivity contribution is 7.92. The zero-order valence-corrected chi connectivity index (χ0v) is 18.5. The number of anilines is 3. The van der Waals surface area contributed by atoms with Gasteiger partial charge in [0.1, 0.15) is 5.75 Å². The number of aromatic nitrogens is 1. The number of aryl methyl sites for hydroxylation is 1. The van der Waals surface area contributed by atoms with Gasteiger partial charge in [-0.3, -0.25) is 4.72 Å². The van der Waals surface area contributed by atoms with E-state index in [0.717, 1.165) is 39.3 Å². The lowest BCUT2D eigenvalue weighted by atomic mass is 10.0. The van der Waals surface area contributed by atoms with Gasteiger partial charge in [0.25, 0.3) is 0 Å². The molecule has 0 radical (unpaired) electrons. The minimum Gasteiger partial charge on any atom is -0.494 e. The number of fused-ring (bicyclic) bond motifs is 3. The number of benzene rings is 3. The molecule has 0 amide bonds. The van der Waals surface area contributed by atoms with Crippen LogP contribution in [0.25, 0.3) is 21.8 Å².